The molecule has 0 heterocycles. The summed E-state index contributed by atoms with van der Waals surface area (Å²) in [4.78, 5) is 27.8. The van der Waals surface area contributed by atoms with Crippen LogP contribution < -0.4 is 0 Å². The van der Waals surface area contributed by atoms with Gasteiger partial charge in [-0.3, -0.25) is 0 Å². The van der Waals surface area contributed by atoms with Crippen molar-refractivity contribution in [3.8, 4) is 0 Å². The van der Waals surface area contributed by atoms with Gasteiger partial charge in [0.1, 0.15) is 0 Å². The van der Waals surface area contributed by atoms with Gasteiger partial charge in [-0.05, 0) is 6.58 Å². The first-order chi connectivity index (χ1) is 7.18. The van der Waals surface area contributed by atoms with Crippen LogP contribution >= 0.6 is 0 Å². The van der Waals surface area contributed by atoms with Crippen LogP contribution in [0.1, 0.15) is 0 Å². The number of rotatable bonds is 3. The molecule has 0 aliphatic carbocycles. The third kappa shape index (κ3) is 42.2. The number of aliphatic hydroxyl groups excluding tert-OH is 1. The highest BCUT2D eigenvalue weighted by Gasteiger charge is 1.94. The minimum atomic E-state index is -1.38. The molecular formula is C9H12O7. The molecule has 4 N–H and O–H groups in total. The lowest BCUT2D eigenvalue weighted by atomic mass is 10.6. The van der Waals surface area contributed by atoms with Crippen LogP contribution in [0.15, 0.2) is 37.6 Å². The Morgan fingerprint density at radius 2 is 0.938 bits per heavy atom. The molecule has 0 saturated heterocycles. The molecule has 0 amide bonds. The van der Waals surface area contributed by atoms with E-state index in [1.807, 2.05) is 0 Å². The maximum atomic E-state index is 9.35. The van der Waals surface area contributed by atoms with Crippen molar-refractivity contribution in [2.24, 2.45) is 0 Å². The Hall–Kier alpha value is -2.57. The summed E-state index contributed by atoms with van der Waals surface area (Å²) in [5, 5.41) is 30.7. The summed E-state index contributed by atoms with van der Waals surface area (Å²) in [5.41, 5.74) is 0. The van der Waals surface area contributed by atoms with Crippen molar-refractivity contribution < 1.29 is 34.8 Å². The van der Waals surface area contributed by atoms with E-state index < -0.39 is 23.7 Å². The summed E-state index contributed by atoms with van der Waals surface area (Å²) < 4.78 is 0. The van der Waals surface area contributed by atoms with E-state index in [2.05, 4.69) is 19.7 Å². The lowest BCUT2D eigenvalue weighted by Crippen LogP contribution is -1.95. The van der Waals surface area contributed by atoms with Crippen LogP contribution in [0.4, 0.5) is 0 Å². The average Bonchev–Trinajstić information content (AvgIpc) is 2.19. The maximum Gasteiger partial charge on any atom is 0.370 e. The van der Waals surface area contributed by atoms with Crippen molar-refractivity contribution in [3.05, 3.63) is 37.6 Å². The van der Waals surface area contributed by atoms with Crippen molar-refractivity contribution in [3.63, 3.8) is 0 Å². The number of carboxylic acid groups (broad SMARTS) is 3. The standard InChI is InChI=1S/C3H4O3.2C3H4O2/c1-2(4)3(5)6;2*1-2-3(4)5/h4H,1H2,(H,5,6);2*2H,1H2,(H,4,5). The summed E-state index contributed by atoms with van der Waals surface area (Å²) >= 11 is 0. The quantitative estimate of drug-likeness (QED) is 0.415. The monoisotopic (exact) mass is 232 g/mol. The second kappa shape index (κ2) is 12.4. The van der Waals surface area contributed by atoms with E-state index in [0.29, 0.717) is 0 Å². The van der Waals surface area contributed by atoms with Gasteiger partial charge in [-0.2, -0.15) is 0 Å². The summed E-state index contributed by atoms with van der Waals surface area (Å²) in [6.07, 6.45) is 1.67. The maximum absolute atomic E-state index is 9.35. The van der Waals surface area contributed by atoms with Crippen molar-refractivity contribution in [2.75, 3.05) is 0 Å². The van der Waals surface area contributed by atoms with E-state index in [0.717, 1.165) is 12.2 Å². The Balaban J connectivity index is -0.000000160. The van der Waals surface area contributed by atoms with Gasteiger partial charge in [0.15, 0.2) is 5.76 Å². The molecule has 0 aromatic carbocycles. The zero-order valence-corrected chi connectivity index (χ0v) is 8.29. The lowest BCUT2D eigenvalue weighted by Gasteiger charge is -1.79. The molecule has 0 atom stereocenters. The molecule has 7 heteroatoms. The Morgan fingerprint density at radius 1 is 0.812 bits per heavy atom. The molecule has 0 bridgehead atoms. The third-order valence-electron chi connectivity index (χ3n) is 0.596. The number of aliphatic hydroxyl groups is 1. The van der Waals surface area contributed by atoms with Crippen LogP contribution in [0.2, 0.25) is 0 Å². The van der Waals surface area contributed by atoms with Crippen molar-refractivity contribution in [1.82, 2.24) is 0 Å². The lowest BCUT2D eigenvalue weighted by molar-refractivity contribution is -0.135. The molecular weight excluding hydrogens is 220 g/mol. The van der Waals surface area contributed by atoms with E-state index >= 15 is 0 Å². The largest absolute Gasteiger partial charge is 0.502 e. The van der Waals surface area contributed by atoms with Crippen molar-refractivity contribution >= 4 is 17.9 Å². The summed E-state index contributed by atoms with van der Waals surface area (Å²) in [6.45, 7) is 8.63. The van der Waals surface area contributed by atoms with Crippen LogP contribution in [0, 0.1) is 0 Å². The van der Waals surface area contributed by atoms with Crippen LogP contribution in [0.3, 0.4) is 0 Å². The smallest absolute Gasteiger partial charge is 0.370 e. The summed E-state index contributed by atoms with van der Waals surface area (Å²) in [6, 6.07) is 0. The number of aliphatic carboxylic acids is 3. The van der Waals surface area contributed by atoms with Gasteiger partial charge in [-0.1, -0.05) is 13.2 Å². The van der Waals surface area contributed by atoms with E-state index in [-0.39, 0.29) is 0 Å². The molecule has 0 aliphatic rings. The van der Waals surface area contributed by atoms with Gasteiger partial charge in [0.05, 0.1) is 0 Å². The van der Waals surface area contributed by atoms with Gasteiger partial charge in [-0.25, -0.2) is 14.4 Å². The molecule has 0 aromatic heterocycles. The Morgan fingerprint density at radius 3 is 0.938 bits per heavy atom. The average molecular weight is 232 g/mol. The molecule has 0 saturated carbocycles. The second-order valence-electron chi connectivity index (χ2n) is 1.84. The van der Waals surface area contributed by atoms with E-state index in [1.54, 1.807) is 0 Å². The minimum Gasteiger partial charge on any atom is -0.502 e. The van der Waals surface area contributed by atoms with E-state index in [9.17, 15) is 14.4 Å². The highest BCUT2D eigenvalue weighted by atomic mass is 16.4. The molecule has 0 rings (SSSR count). The number of carboxylic acids is 3. The van der Waals surface area contributed by atoms with E-state index in [1.165, 1.54) is 0 Å². The molecule has 0 unspecified atom stereocenters. The first kappa shape index (κ1) is 19.1. The van der Waals surface area contributed by atoms with Crippen LogP contribution in [-0.4, -0.2) is 38.3 Å². The third-order valence-corrected chi connectivity index (χ3v) is 0.596. The van der Waals surface area contributed by atoms with Gasteiger partial charge in [0.2, 0.25) is 0 Å². The molecule has 16 heavy (non-hydrogen) atoms. The highest BCUT2D eigenvalue weighted by Crippen LogP contribution is 1.75. The van der Waals surface area contributed by atoms with Crippen LogP contribution in [0.25, 0.3) is 0 Å². The minimum absolute atomic E-state index is 0.824. The molecule has 0 fully saturated rings. The normalized spacial score (nSPS) is 6.75. The van der Waals surface area contributed by atoms with Crippen LogP contribution in [0.5, 0.6) is 0 Å². The van der Waals surface area contributed by atoms with E-state index in [4.69, 9.17) is 20.4 Å². The fourth-order valence-electron chi connectivity index (χ4n) is 0. The molecule has 0 spiro atoms. The first-order valence-electron chi connectivity index (χ1n) is 3.50. The molecule has 7 nitrogen and oxygen atoms in total. The molecule has 0 aliphatic heterocycles. The second-order valence-corrected chi connectivity index (χ2v) is 1.84. The molecule has 0 radical (unpaired) electrons. The number of hydrogen-bond acceptors (Lipinski definition) is 4. The van der Waals surface area contributed by atoms with Crippen molar-refractivity contribution in [2.45, 2.75) is 0 Å². The van der Waals surface area contributed by atoms with Crippen molar-refractivity contribution in [1.29, 1.82) is 0 Å². The molecule has 0 aromatic rings. The number of carbonyl (C=O) groups is 3. The van der Waals surface area contributed by atoms with Gasteiger partial charge < -0.3 is 20.4 Å². The highest BCUT2D eigenvalue weighted by molar-refractivity contribution is 5.82. The Kier molecular flexibility index (Phi) is 14.8. The van der Waals surface area contributed by atoms with Gasteiger partial charge in [0.25, 0.3) is 0 Å². The van der Waals surface area contributed by atoms with Crippen LogP contribution in [-0.2, 0) is 14.4 Å². The van der Waals surface area contributed by atoms with Gasteiger partial charge >= 0.3 is 17.9 Å². The zero-order chi connectivity index (χ0) is 13.7. The summed E-state index contributed by atoms with van der Waals surface area (Å²) in [5.74, 6) is -4.17. The SMILES string of the molecule is C=C(O)C(=O)O.C=CC(=O)O.C=CC(=O)O. The summed E-state index contributed by atoms with van der Waals surface area (Å²) in [7, 11) is 0. The fourth-order valence-corrected chi connectivity index (χ4v) is 0. The first-order valence-corrected chi connectivity index (χ1v) is 3.50. The predicted molar refractivity (Wildman–Crippen MR) is 55.1 cm³/mol. The Labute approximate surface area is 91.3 Å². The Bertz CT molecular complexity index is 260. The fraction of sp³-hybridized carbons (Fsp3) is 0. The molecule has 90 valence electrons. The topological polar surface area (TPSA) is 132 Å². The zero-order valence-electron chi connectivity index (χ0n) is 8.29. The predicted octanol–water partition coefficient (Wildman–Crippen LogP) is 0.657. The van der Waals surface area contributed by atoms with Gasteiger partial charge in [-0.15, -0.1) is 0 Å². The number of hydrogen-bond donors (Lipinski definition) is 4. The van der Waals surface area contributed by atoms with Gasteiger partial charge in [0, 0.05) is 12.2 Å².